The summed E-state index contributed by atoms with van der Waals surface area (Å²) >= 11 is 0. The molecule has 3 aromatic rings. The van der Waals surface area contributed by atoms with E-state index in [1.54, 1.807) is 11.6 Å². The number of anilines is 1. The number of benzene rings is 1. The maximum atomic E-state index is 13.0. The normalized spacial score (nSPS) is 12.5. The lowest BCUT2D eigenvalue weighted by Gasteiger charge is -2.19. The maximum Gasteiger partial charge on any atom is 0.332 e. The minimum absolute atomic E-state index is 0.0488. The highest BCUT2D eigenvalue weighted by Gasteiger charge is 2.21. The summed E-state index contributed by atoms with van der Waals surface area (Å²) in [5.41, 5.74) is 1.91. The van der Waals surface area contributed by atoms with Crippen LogP contribution in [0.2, 0.25) is 0 Å². The summed E-state index contributed by atoms with van der Waals surface area (Å²) in [6.45, 7) is 11.6. The van der Waals surface area contributed by atoms with E-state index < -0.39 is 17.4 Å². The molecule has 10 heteroatoms. The molecular weight excluding hydrogens is 436 g/mol. The number of aliphatic hydroxyl groups is 1. The van der Waals surface area contributed by atoms with Gasteiger partial charge in [0.25, 0.3) is 5.56 Å². The Morgan fingerprint density at radius 3 is 2.47 bits per heavy atom. The van der Waals surface area contributed by atoms with Gasteiger partial charge < -0.3 is 24.6 Å². The lowest BCUT2D eigenvalue weighted by atomic mass is 10.1. The van der Waals surface area contributed by atoms with Gasteiger partial charge in [0.15, 0.2) is 11.2 Å². The number of likely N-dealkylation sites (N-methyl/N-ethyl adjacent to an activating group) is 1. The van der Waals surface area contributed by atoms with Crippen LogP contribution >= 0.6 is 0 Å². The Balaban J connectivity index is 1.88. The van der Waals surface area contributed by atoms with Crippen molar-refractivity contribution in [1.29, 1.82) is 0 Å². The molecule has 0 radical (unpaired) electrons. The van der Waals surface area contributed by atoms with Gasteiger partial charge >= 0.3 is 5.69 Å². The average molecular weight is 473 g/mol. The van der Waals surface area contributed by atoms with Gasteiger partial charge in [0, 0.05) is 27.2 Å². The third kappa shape index (κ3) is 5.34. The van der Waals surface area contributed by atoms with Crippen LogP contribution in [0.4, 0.5) is 5.95 Å². The highest BCUT2D eigenvalue weighted by Crippen LogP contribution is 2.19. The summed E-state index contributed by atoms with van der Waals surface area (Å²) in [6.07, 6.45) is -0.899. The van der Waals surface area contributed by atoms with E-state index in [1.807, 2.05) is 32.0 Å². The topological polar surface area (TPSA) is 107 Å². The van der Waals surface area contributed by atoms with E-state index in [2.05, 4.69) is 29.0 Å². The first-order valence-electron chi connectivity index (χ1n) is 11.7. The number of rotatable bonds is 11. The molecule has 1 aromatic carbocycles. The first-order valence-corrected chi connectivity index (χ1v) is 11.7. The van der Waals surface area contributed by atoms with Crippen molar-refractivity contribution in [2.24, 2.45) is 14.1 Å². The second kappa shape index (κ2) is 10.9. The first-order chi connectivity index (χ1) is 16.2. The molecule has 10 nitrogen and oxygen atoms in total. The Morgan fingerprint density at radius 2 is 1.82 bits per heavy atom. The second-order valence-electron chi connectivity index (χ2n) is 8.59. The molecule has 34 heavy (non-hydrogen) atoms. The monoisotopic (exact) mass is 472 g/mol. The highest BCUT2D eigenvalue weighted by atomic mass is 16.5. The summed E-state index contributed by atoms with van der Waals surface area (Å²) < 4.78 is 9.84. The van der Waals surface area contributed by atoms with Crippen LogP contribution in [0, 0.1) is 13.8 Å². The van der Waals surface area contributed by atoms with Gasteiger partial charge in [-0.25, -0.2) is 4.79 Å². The summed E-state index contributed by atoms with van der Waals surface area (Å²) in [7, 11) is 3.02. The Bertz CT molecular complexity index is 1260. The van der Waals surface area contributed by atoms with Gasteiger partial charge in [-0.3, -0.25) is 13.9 Å². The van der Waals surface area contributed by atoms with Crippen molar-refractivity contribution in [2.45, 2.75) is 40.3 Å². The second-order valence-corrected chi connectivity index (χ2v) is 8.59. The minimum Gasteiger partial charge on any atom is -0.491 e. The molecule has 2 heterocycles. The van der Waals surface area contributed by atoms with Gasteiger partial charge in [0.05, 0.1) is 6.54 Å². The number of hydrogen-bond donors (Lipinski definition) is 2. The van der Waals surface area contributed by atoms with Gasteiger partial charge in [-0.05, 0) is 50.2 Å². The number of aliphatic hydroxyl groups excluding tert-OH is 1. The maximum absolute atomic E-state index is 13.0. The predicted octanol–water partition coefficient (Wildman–Crippen LogP) is 1.24. The van der Waals surface area contributed by atoms with Crippen LogP contribution in [0.25, 0.3) is 11.2 Å². The molecule has 0 aliphatic rings. The van der Waals surface area contributed by atoms with Crippen LogP contribution in [0.5, 0.6) is 5.75 Å². The first kappa shape index (κ1) is 25.5. The molecule has 3 rings (SSSR count). The number of imidazole rings is 1. The molecule has 0 amide bonds. The van der Waals surface area contributed by atoms with E-state index in [-0.39, 0.29) is 24.3 Å². The molecule has 1 unspecified atom stereocenters. The van der Waals surface area contributed by atoms with Crippen molar-refractivity contribution in [3.05, 3.63) is 50.2 Å². The fraction of sp³-hybridized carbons (Fsp3) is 0.542. The zero-order valence-corrected chi connectivity index (χ0v) is 21.0. The number of nitrogens with one attached hydrogen (secondary N) is 1. The Hall–Kier alpha value is -3.11. The number of ether oxygens (including phenoxy) is 1. The molecule has 0 bridgehead atoms. The molecule has 0 aliphatic carbocycles. The molecule has 0 saturated heterocycles. The molecule has 0 spiro atoms. The zero-order valence-electron chi connectivity index (χ0n) is 21.0. The van der Waals surface area contributed by atoms with Gasteiger partial charge in [0.2, 0.25) is 5.95 Å². The highest BCUT2D eigenvalue weighted by molar-refractivity contribution is 5.74. The van der Waals surface area contributed by atoms with Crippen LogP contribution in [0.15, 0.2) is 27.8 Å². The lowest BCUT2D eigenvalue weighted by molar-refractivity contribution is 0.0937. The van der Waals surface area contributed by atoms with Crippen LogP contribution in [-0.2, 0) is 20.6 Å². The summed E-state index contributed by atoms with van der Waals surface area (Å²) in [5, 5.41) is 14.1. The van der Waals surface area contributed by atoms with Crippen LogP contribution < -0.4 is 21.3 Å². The fourth-order valence-corrected chi connectivity index (χ4v) is 3.88. The quantitative estimate of drug-likeness (QED) is 0.433. The van der Waals surface area contributed by atoms with E-state index in [4.69, 9.17) is 4.74 Å². The van der Waals surface area contributed by atoms with Gasteiger partial charge in [0.1, 0.15) is 18.5 Å². The molecule has 2 N–H and O–H groups in total. The molecular formula is C24H36N6O4. The van der Waals surface area contributed by atoms with E-state index in [1.165, 1.54) is 17.2 Å². The zero-order chi connectivity index (χ0) is 25.0. The summed E-state index contributed by atoms with van der Waals surface area (Å²) in [5.74, 6) is 1.11. The van der Waals surface area contributed by atoms with Crippen molar-refractivity contribution in [1.82, 2.24) is 23.6 Å². The van der Waals surface area contributed by atoms with Crippen molar-refractivity contribution < 1.29 is 9.84 Å². The van der Waals surface area contributed by atoms with Crippen LogP contribution in [0.1, 0.15) is 25.0 Å². The van der Waals surface area contributed by atoms with Crippen molar-refractivity contribution in [2.75, 3.05) is 38.1 Å². The molecule has 186 valence electrons. The lowest BCUT2D eigenvalue weighted by Crippen LogP contribution is -2.38. The predicted molar refractivity (Wildman–Crippen MR) is 134 cm³/mol. The fourth-order valence-electron chi connectivity index (χ4n) is 3.88. The van der Waals surface area contributed by atoms with Crippen molar-refractivity contribution in [3.63, 3.8) is 0 Å². The molecule has 1 atom stereocenters. The van der Waals surface area contributed by atoms with E-state index in [9.17, 15) is 14.7 Å². The smallest absolute Gasteiger partial charge is 0.332 e. The van der Waals surface area contributed by atoms with E-state index in [0.717, 1.165) is 29.8 Å². The molecule has 0 saturated carbocycles. The third-order valence-corrected chi connectivity index (χ3v) is 6.27. The third-order valence-electron chi connectivity index (χ3n) is 6.27. The van der Waals surface area contributed by atoms with Gasteiger partial charge in [-0.2, -0.15) is 4.98 Å². The number of hydrogen-bond acceptors (Lipinski definition) is 7. The number of aromatic nitrogens is 4. The Labute approximate surface area is 199 Å². The average Bonchev–Trinajstić information content (AvgIpc) is 3.18. The summed E-state index contributed by atoms with van der Waals surface area (Å²) in [4.78, 5) is 32.2. The van der Waals surface area contributed by atoms with Crippen molar-refractivity contribution >= 4 is 17.1 Å². The molecule has 2 aromatic heterocycles. The number of aryl methyl sites for hydroxylation is 3. The number of nitrogens with zero attached hydrogens (tertiary/aromatic N) is 5. The van der Waals surface area contributed by atoms with Gasteiger partial charge in [-0.1, -0.05) is 19.9 Å². The summed E-state index contributed by atoms with van der Waals surface area (Å²) in [6, 6.07) is 5.77. The minimum atomic E-state index is -0.899. The Morgan fingerprint density at radius 1 is 1.12 bits per heavy atom. The Kier molecular flexibility index (Phi) is 8.16. The van der Waals surface area contributed by atoms with E-state index >= 15 is 0 Å². The molecule has 0 fully saturated rings. The van der Waals surface area contributed by atoms with Crippen LogP contribution in [-0.4, -0.2) is 67.6 Å². The van der Waals surface area contributed by atoms with Crippen molar-refractivity contribution in [3.8, 4) is 5.75 Å². The van der Waals surface area contributed by atoms with E-state index in [0.29, 0.717) is 18.2 Å². The largest absolute Gasteiger partial charge is 0.491 e. The number of fused-ring (bicyclic) bond motifs is 1. The SMILES string of the molecule is CCN(CC)CCNc1nc2c(c(=O)n(C)c(=O)n2C)n1CC(O)COc1ccc(C)c(C)c1. The molecule has 0 aliphatic heterocycles. The van der Waals surface area contributed by atoms with Crippen LogP contribution in [0.3, 0.4) is 0 Å². The standard InChI is InChI=1S/C24H36N6O4/c1-7-29(8-2)12-11-25-23-26-21-20(22(32)28(6)24(33)27(21)5)30(23)14-18(31)15-34-19-10-9-16(3)17(4)13-19/h9-10,13,18,31H,7-8,11-12,14-15H2,1-6H3,(H,25,26). The van der Waals surface area contributed by atoms with Gasteiger partial charge in [-0.15, -0.1) is 0 Å².